The number of nitrogens with zero attached hydrogens (tertiary/aromatic N) is 1. The number of ether oxygens (including phenoxy) is 1. The number of hydrogen-bond donors (Lipinski definition) is 1. The van der Waals surface area contributed by atoms with Gasteiger partial charge < -0.3 is 14.6 Å². The largest absolute Gasteiger partial charge is 0.462 e. The summed E-state index contributed by atoms with van der Waals surface area (Å²) >= 11 is 0. The first-order chi connectivity index (χ1) is 14.3. The lowest BCUT2D eigenvalue weighted by Gasteiger charge is -2.38. The van der Waals surface area contributed by atoms with Gasteiger partial charge >= 0.3 is 5.97 Å². The van der Waals surface area contributed by atoms with Crippen LogP contribution in [0.4, 0.5) is 4.39 Å². The van der Waals surface area contributed by atoms with Gasteiger partial charge in [-0.2, -0.15) is 0 Å². The van der Waals surface area contributed by atoms with Crippen molar-refractivity contribution in [2.24, 2.45) is 0 Å². The molecule has 0 unspecified atom stereocenters. The maximum atomic E-state index is 13.5. The maximum Gasteiger partial charge on any atom is 0.340 e. The molecule has 1 fully saturated rings. The summed E-state index contributed by atoms with van der Waals surface area (Å²) in [6, 6.07) is 5.37. The van der Waals surface area contributed by atoms with Crippen molar-refractivity contribution in [1.29, 1.82) is 0 Å². The first kappa shape index (κ1) is 21.7. The normalized spacial score (nSPS) is 18.9. The number of halogens is 1. The number of ketones is 1. The summed E-state index contributed by atoms with van der Waals surface area (Å²) in [6.45, 7) is 7.37. The summed E-state index contributed by atoms with van der Waals surface area (Å²) in [7, 11) is 0. The topological polar surface area (TPSA) is 79.5 Å². The Labute approximate surface area is 175 Å². The molecule has 1 aromatic heterocycles. The Kier molecular flexibility index (Phi) is 6.39. The van der Waals surface area contributed by atoms with Crippen molar-refractivity contribution >= 4 is 17.7 Å². The van der Waals surface area contributed by atoms with E-state index in [4.69, 9.17) is 4.74 Å². The average molecular weight is 414 g/mol. The molecule has 0 bridgehead atoms. The molecule has 0 aliphatic carbocycles. The SMILES string of the molecule is CCOC(=O)c1c(C)[nH]c(C(=O)C(=O)N2[C@@H](C)CCC[C@@H]2C)c1-c1ccc(F)cc1. The van der Waals surface area contributed by atoms with Gasteiger partial charge in [0.2, 0.25) is 0 Å². The van der Waals surface area contributed by atoms with Crippen LogP contribution >= 0.6 is 0 Å². The molecule has 2 heterocycles. The molecule has 0 spiro atoms. The van der Waals surface area contributed by atoms with Crippen LogP contribution in [0.3, 0.4) is 0 Å². The van der Waals surface area contributed by atoms with Crippen LogP contribution in [0.25, 0.3) is 11.1 Å². The number of carbonyl (C=O) groups is 3. The number of esters is 1. The second-order valence-electron chi connectivity index (χ2n) is 7.77. The molecule has 3 rings (SSSR count). The summed E-state index contributed by atoms with van der Waals surface area (Å²) in [4.78, 5) is 43.6. The van der Waals surface area contributed by atoms with Crippen LogP contribution in [0.2, 0.25) is 0 Å². The molecule has 1 amide bonds. The molecular formula is C23H27FN2O4. The Hall–Kier alpha value is -2.96. The third-order valence-electron chi connectivity index (χ3n) is 5.65. The summed E-state index contributed by atoms with van der Waals surface area (Å²) < 4.78 is 18.6. The van der Waals surface area contributed by atoms with Crippen molar-refractivity contribution in [2.75, 3.05) is 6.61 Å². The zero-order chi connectivity index (χ0) is 22.0. The molecule has 1 aromatic carbocycles. The van der Waals surface area contributed by atoms with Crippen LogP contribution in [-0.2, 0) is 9.53 Å². The van der Waals surface area contributed by atoms with Gasteiger partial charge in [0.1, 0.15) is 11.5 Å². The van der Waals surface area contributed by atoms with E-state index in [-0.39, 0.29) is 35.5 Å². The van der Waals surface area contributed by atoms with E-state index in [2.05, 4.69) is 4.98 Å². The van der Waals surface area contributed by atoms with Gasteiger partial charge in [0.25, 0.3) is 11.7 Å². The lowest BCUT2D eigenvalue weighted by molar-refractivity contribution is -0.132. The van der Waals surface area contributed by atoms with Crippen LogP contribution < -0.4 is 0 Å². The third kappa shape index (κ3) is 4.01. The number of aromatic amines is 1. The molecule has 1 N–H and O–H groups in total. The van der Waals surface area contributed by atoms with Gasteiger partial charge in [-0.1, -0.05) is 12.1 Å². The molecule has 1 aliphatic rings. The summed E-state index contributed by atoms with van der Waals surface area (Å²) in [6.07, 6.45) is 2.69. The Morgan fingerprint density at radius 2 is 1.73 bits per heavy atom. The number of rotatable bonds is 5. The smallest absolute Gasteiger partial charge is 0.340 e. The number of amides is 1. The van der Waals surface area contributed by atoms with Crippen LogP contribution in [0.15, 0.2) is 24.3 Å². The zero-order valence-corrected chi connectivity index (χ0v) is 17.8. The minimum absolute atomic E-state index is 0.0251. The van der Waals surface area contributed by atoms with Gasteiger partial charge in [-0.25, -0.2) is 9.18 Å². The van der Waals surface area contributed by atoms with E-state index in [0.29, 0.717) is 11.3 Å². The number of Topliss-reactive ketones (excluding diaryl/α,β-unsaturated/α-hetero) is 1. The van der Waals surface area contributed by atoms with Gasteiger partial charge in [0.05, 0.1) is 12.2 Å². The fraction of sp³-hybridized carbons (Fsp3) is 0.435. The molecule has 160 valence electrons. The first-order valence-electron chi connectivity index (χ1n) is 10.3. The molecule has 0 radical (unpaired) electrons. The molecule has 1 aliphatic heterocycles. The molecular weight excluding hydrogens is 387 g/mol. The second kappa shape index (κ2) is 8.81. The van der Waals surface area contributed by atoms with Crippen molar-refractivity contribution in [2.45, 2.75) is 59.0 Å². The highest BCUT2D eigenvalue weighted by Crippen LogP contribution is 2.33. The molecule has 30 heavy (non-hydrogen) atoms. The number of piperidine rings is 1. The highest BCUT2D eigenvalue weighted by Gasteiger charge is 2.36. The molecule has 1 saturated heterocycles. The molecule has 2 aromatic rings. The van der Waals surface area contributed by atoms with Gasteiger partial charge in [-0.05, 0) is 64.7 Å². The monoisotopic (exact) mass is 414 g/mol. The number of benzene rings is 1. The predicted molar refractivity (Wildman–Crippen MR) is 111 cm³/mol. The Balaban J connectivity index is 2.10. The minimum Gasteiger partial charge on any atom is -0.462 e. The number of carbonyl (C=O) groups excluding carboxylic acids is 3. The van der Waals surface area contributed by atoms with Crippen molar-refractivity contribution in [3.8, 4) is 11.1 Å². The Morgan fingerprint density at radius 3 is 2.30 bits per heavy atom. The maximum absolute atomic E-state index is 13.5. The average Bonchev–Trinajstić information content (AvgIpc) is 3.05. The standard InChI is InChI=1S/C23H27FN2O4/c1-5-30-23(29)18-15(4)25-20(19(18)16-9-11-17(24)12-10-16)21(27)22(28)26-13(2)7-6-8-14(26)3/h9-14,25H,5-8H2,1-4H3/t13-,14-/m0/s1. The summed E-state index contributed by atoms with van der Waals surface area (Å²) in [5.41, 5.74) is 1.35. The van der Waals surface area contributed by atoms with E-state index in [9.17, 15) is 18.8 Å². The van der Waals surface area contributed by atoms with E-state index in [0.717, 1.165) is 19.3 Å². The molecule has 2 atom stereocenters. The fourth-order valence-electron chi connectivity index (χ4n) is 4.20. The van der Waals surface area contributed by atoms with Crippen molar-refractivity contribution < 1.29 is 23.5 Å². The number of nitrogens with one attached hydrogen (secondary N) is 1. The van der Waals surface area contributed by atoms with Crippen LogP contribution in [-0.4, -0.2) is 46.2 Å². The van der Waals surface area contributed by atoms with Gasteiger partial charge in [0.15, 0.2) is 0 Å². The summed E-state index contributed by atoms with van der Waals surface area (Å²) in [5, 5.41) is 0. The number of likely N-dealkylation sites (tertiary alicyclic amines) is 1. The van der Waals surface area contributed by atoms with Gasteiger partial charge in [-0.3, -0.25) is 9.59 Å². The molecule has 7 heteroatoms. The molecule has 6 nitrogen and oxygen atoms in total. The van der Waals surface area contributed by atoms with Crippen LogP contribution in [0.1, 0.15) is 66.6 Å². The Morgan fingerprint density at radius 1 is 1.13 bits per heavy atom. The molecule has 0 saturated carbocycles. The van der Waals surface area contributed by atoms with Crippen LogP contribution in [0, 0.1) is 12.7 Å². The van der Waals surface area contributed by atoms with Crippen molar-refractivity contribution in [3.05, 3.63) is 47.0 Å². The van der Waals surface area contributed by atoms with E-state index in [1.165, 1.54) is 24.3 Å². The third-order valence-corrected chi connectivity index (χ3v) is 5.65. The lowest BCUT2D eigenvalue weighted by atomic mass is 9.95. The predicted octanol–water partition coefficient (Wildman–Crippen LogP) is 4.28. The fourth-order valence-corrected chi connectivity index (χ4v) is 4.20. The number of hydrogen-bond acceptors (Lipinski definition) is 4. The van der Waals surface area contributed by atoms with Crippen molar-refractivity contribution in [1.82, 2.24) is 9.88 Å². The minimum atomic E-state index is -0.714. The highest BCUT2D eigenvalue weighted by molar-refractivity contribution is 6.44. The quantitative estimate of drug-likeness (QED) is 0.450. The van der Waals surface area contributed by atoms with Gasteiger partial charge in [0, 0.05) is 23.3 Å². The van der Waals surface area contributed by atoms with E-state index in [1.807, 2.05) is 13.8 Å². The Bertz CT molecular complexity index is 954. The highest BCUT2D eigenvalue weighted by atomic mass is 19.1. The summed E-state index contributed by atoms with van der Waals surface area (Å²) in [5.74, 6) is -2.36. The van der Waals surface area contributed by atoms with Crippen molar-refractivity contribution in [3.63, 3.8) is 0 Å². The van der Waals surface area contributed by atoms with Gasteiger partial charge in [-0.15, -0.1) is 0 Å². The number of H-pyrrole nitrogens is 1. The first-order valence-corrected chi connectivity index (χ1v) is 10.3. The van der Waals surface area contributed by atoms with Crippen LogP contribution in [0.5, 0.6) is 0 Å². The van der Waals surface area contributed by atoms with E-state index < -0.39 is 23.5 Å². The second-order valence-corrected chi connectivity index (χ2v) is 7.77. The number of aryl methyl sites for hydroxylation is 1. The zero-order valence-electron chi connectivity index (χ0n) is 17.8. The van der Waals surface area contributed by atoms with E-state index >= 15 is 0 Å². The lowest BCUT2D eigenvalue weighted by Crippen LogP contribution is -2.50. The van der Waals surface area contributed by atoms with E-state index in [1.54, 1.807) is 18.7 Å². The number of aromatic nitrogens is 1.